The fourth-order valence-electron chi connectivity index (χ4n) is 3.17. The number of anilines is 2. The van der Waals surface area contributed by atoms with Crippen LogP contribution in [0, 0.1) is 0 Å². The lowest BCUT2D eigenvalue weighted by atomic mass is 10.2. The molecule has 0 atom stereocenters. The number of carbonyl (C=O) groups is 2. The molecule has 0 aliphatic carbocycles. The molecule has 2 rings (SSSR count). The summed E-state index contributed by atoms with van der Waals surface area (Å²) in [5.41, 5.74) is 2.38. The zero-order chi connectivity index (χ0) is 23.6. The molecule has 0 heterocycles. The first kappa shape index (κ1) is 25.2. The standard InChI is InChI=1S/C22H29N5O4S/c1-4-27(5-2,6-3)15-21(28)23-17-7-11-19(12-8-17)25-26-20-13-9-18(10-14-20)24-22(29)16-32(30)31/h7-14,32H,4-6,15-16H2,1-3H3,(H-,23,24,25,26,28,29)/p+1. The number of hydrogen-bond donors (Lipinski definition) is 3. The van der Waals surface area contributed by atoms with Gasteiger partial charge in [-0.2, -0.15) is 10.2 Å². The minimum absolute atomic E-state index is 0.0146. The topological polar surface area (TPSA) is 117 Å². The van der Waals surface area contributed by atoms with Crippen LogP contribution in [0.5, 0.6) is 0 Å². The van der Waals surface area contributed by atoms with Crippen LogP contribution in [0.25, 0.3) is 0 Å². The maximum Gasteiger partial charge on any atom is 0.279 e. The Morgan fingerprint density at radius 2 is 1.16 bits per heavy atom. The van der Waals surface area contributed by atoms with E-state index in [-0.39, 0.29) is 5.91 Å². The summed E-state index contributed by atoms with van der Waals surface area (Å²) < 4.78 is 21.9. The smallest absolute Gasteiger partial charge is 0.279 e. The Bertz CT molecular complexity index is 997. The van der Waals surface area contributed by atoms with Gasteiger partial charge in [-0.05, 0) is 69.3 Å². The van der Waals surface area contributed by atoms with E-state index in [9.17, 15) is 18.0 Å². The molecular weight excluding hydrogens is 430 g/mol. The van der Waals surface area contributed by atoms with Crippen molar-refractivity contribution in [3.8, 4) is 0 Å². The van der Waals surface area contributed by atoms with Crippen LogP contribution < -0.4 is 10.6 Å². The van der Waals surface area contributed by atoms with Gasteiger partial charge in [-0.3, -0.25) is 9.59 Å². The van der Waals surface area contributed by atoms with E-state index < -0.39 is 22.4 Å². The van der Waals surface area contributed by atoms with Gasteiger partial charge in [0.2, 0.25) is 5.91 Å². The Morgan fingerprint density at radius 1 is 0.750 bits per heavy atom. The minimum atomic E-state index is -2.76. The van der Waals surface area contributed by atoms with Crippen molar-refractivity contribution in [1.82, 2.24) is 0 Å². The van der Waals surface area contributed by atoms with Gasteiger partial charge in [0.15, 0.2) is 6.54 Å². The maximum atomic E-state index is 12.4. The van der Waals surface area contributed by atoms with Crippen molar-refractivity contribution < 1.29 is 22.5 Å². The molecule has 2 amide bonds. The van der Waals surface area contributed by atoms with E-state index in [1.165, 1.54) is 0 Å². The highest BCUT2D eigenvalue weighted by Gasteiger charge is 2.24. The first-order valence-electron chi connectivity index (χ1n) is 10.5. The Labute approximate surface area is 190 Å². The predicted molar refractivity (Wildman–Crippen MR) is 126 cm³/mol. The average molecular weight is 461 g/mol. The second-order valence-corrected chi connectivity index (χ2v) is 8.31. The second kappa shape index (κ2) is 12.1. The van der Waals surface area contributed by atoms with Gasteiger partial charge in [-0.25, -0.2) is 8.42 Å². The first-order chi connectivity index (χ1) is 15.3. The summed E-state index contributed by atoms with van der Waals surface area (Å²) in [6.45, 7) is 9.47. The molecule has 0 aliphatic heterocycles. The number of benzene rings is 2. The molecule has 0 unspecified atom stereocenters. The van der Waals surface area contributed by atoms with Crippen molar-refractivity contribution in [2.24, 2.45) is 10.2 Å². The Kier molecular flexibility index (Phi) is 9.48. The highest BCUT2D eigenvalue weighted by molar-refractivity contribution is 7.73. The van der Waals surface area contributed by atoms with Crippen molar-refractivity contribution in [1.29, 1.82) is 0 Å². The number of likely N-dealkylation sites (N-methyl/N-ethyl adjacent to an activating group) is 1. The molecule has 0 saturated heterocycles. The van der Waals surface area contributed by atoms with E-state index in [4.69, 9.17) is 0 Å². The maximum absolute atomic E-state index is 12.4. The van der Waals surface area contributed by atoms with Gasteiger partial charge in [0.25, 0.3) is 5.91 Å². The van der Waals surface area contributed by atoms with Gasteiger partial charge < -0.3 is 15.1 Å². The highest BCUT2D eigenvalue weighted by Crippen LogP contribution is 2.22. The summed E-state index contributed by atoms with van der Waals surface area (Å²) in [6, 6.07) is 13.6. The van der Waals surface area contributed by atoms with Crippen LogP contribution in [0.3, 0.4) is 0 Å². The fourth-order valence-corrected chi connectivity index (χ4v) is 3.48. The van der Waals surface area contributed by atoms with E-state index in [0.29, 0.717) is 29.3 Å². The molecular formula is C22H30N5O4S+. The summed E-state index contributed by atoms with van der Waals surface area (Å²) in [6.07, 6.45) is 0. The Hall–Kier alpha value is -3.11. The van der Waals surface area contributed by atoms with Gasteiger partial charge in [0.1, 0.15) is 16.5 Å². The van der Waals surface area contributed by atoms with Crippen LogP contribution in [0.2, 0.25) is 0 Å². The van der Waals surface area contributed by atoms with Gasteiger partial charge in [0, 0.05) is 11.4 Å². The third kappa shape index (κ3) is 7.86. The van der Waals surface area contributed by atoms with Crippen molar-refractivity contribution in [2.75, 3.05) is 42.6 Å². The molecule has 0 spiro atoms. The molecule has 0 aliphatic rings. The monoisotopic (exact) mass is 460 g/mol. The molecule has 2 aromatic carbocycles. The molecule has 2 N–H and O–H groups in total. The van der Waals surface area contributed by atoms with Crippen molar-refractivity contribution in [2.45, 2.75) is 20.8 Å². The predicted octanol–water partition coefficient (Wildman–Crippen LogP) is 3.47. The first-order valence-corrected chi connectivity index (χ1v) is 11.8. The molecule has 32 heavy (non-hydrogen) atoms. The van der Waals surface area contributed by atoms with Gasteiger partial charge in [-0.15, -0.1) is 0 Å². The second-order valence-electron chi connectivity index (χ2n) is 7.33. The number of azo groups is 1. The van der Waals surface area contributed by atoms with Gasteiger partial charge in [0.05, 0.1) is 31.0 Å². The van der Waals surface area contributed by atoms with Crippen molar-refractivity contribution in [3.63, 3.8) is 0 Å². The summed E-state index contributed by atoms with van der Waals surface area (Å²) in [4.78, 5) is 23.9. The number of quaternary nitrogens is 1. The van der Waals surface area contributed by atoms with E-state index in [0.717, 1.165) is 24.1 Å². The molecule has 0 fully saturated rings. The average Bonchev–Trinajstić information content (AvgIpc) is 2.77. The molecule has 10 heteroatoms. The number of hydrogen-bond acceptors (Lipinski definition) is 6. The SMILES string of the molecule is CC[N+](CC)(CC)CC(=O)Nc1ccc(/N=N/c2ccc(NC(=O)C[SH](=O)=O)cc2)cc1. The van der Waals surface area contributed by atoms with Crippen LogP contribution in [0.15, 0.2) is 58.8 Å². The minimum Gasteiger partial charge on any atom is -0.325 e. The lowest BCUT2D eigenvalue weighted by Crippen LogP contribution is -2.51. The molecule has 172 valence electrons. The quantitative estimate of drug-likeness (QED) is 0.270. The number of nitrogens with zero attached hydrogens (tertiary/aromatic N) is 3. The zero-order valence-electron chi connectivity index (χ0n) is 18.6. The summed E-state index contributed by atoms with van der Waals surface area (Å²) in [5, 5.41) is 13.7. The highest BCUT2D eigenvalue weighted by atomic mass is 32.2. The number of rotatable bonds is 11. The van der Waals surface area contributed by atoms with E-state index in [1.54, 1.807) is 48.5 Å². The zero-order valence-corrected chi connectivity index (χ0v) is 19.5. The Morgan fingerprint density at radius 3 is 1.53 bits per heavy atom. The number of carbonyl (C=O) groups excluding carboxylic acids is 2. The summed E-state index contributed by atoms with van der Waals surface area (Å²) >= 11 is 0. The molecule has 2 aromatic rings. The number of nitrogens with one attached hydrogen (secondary N) is 2. The normalized spacial score (nSPS) is 11.6. The van der Waals surface area contributed by atoms with Crippen LogP contribution in [-0.2, 0) is 20.3 Å². The van der Waals surface area contributed by atoms with Crippen molar-refractivity contribution >= 4 is 45.3 Å². The van der Waals surface area contributed by atoms with Crippen molar-refractivity contribution in [3.05, 3.63) is 48.5 Å². The third-order valence-corrected chi connectivity index (χ3v) is 5.89. The lowest BCUT2D eigenvalue weighted by molar-refractivity contribution is -0.915. The van der Waals surface area contributed by atoms with Crippen LogP contribution in [0.4, 0.5) is 22.7 Å². The third-order valence-electron chi connectivity index (χ3n) is 5.35. The number of amides is 2. The Balaban J connectivity index is 1.93. The van der Waals surface area contributed by atoms with Crippen LogP contribution in [-0.4, -0.2) is 56.6 Å². The molecule has 9 nitrogen and oxygen atoms in total. The number of thiol groups is 1. The molecule has 0 aromatic heterocycles. The molecule has 0 radical (unpaired) electrons. The van der Waals surface area contributed by atoms with E-state index >= 15 is 0 Å². The van der Waals surface area contributed by atoms with Crippen LogP contribution >= 0.6 is 0 Å². The summed E-state index contributed by atoms with van der Waals surface area (Å²) in [7, 11) is -2.76. The largest absolute Gasteiger partial charge is 0.325 e. The van der Waals surface area contributed by atoms with Gasteiger partial charge in [-0.1, -0.05) is 0 Å². The lowest BCUT2D eigenvalue weighted by Gasteiger charge is -2.34. The molecule has 0 bridgehead atoms. The van der Waals surface area contributed by atoms with E-state index in [2.05, 4.69) is 41.6 Å². The summed E-state index contributed by atoms with van der Waals surface area (Å²) in [5.74, 6) is -1.16. The molecule has 0 saturated carbocycles. The fraction of sp³-hybridized carbons (Fsp3) is 0.364. The van der Waals surface area contributed by atoms with Gasteiger partial charge >= 0.3 is 0 Å². The van der Waals surface area contributed by atoms with E-state index in [1.807, 2.05) is 0 Å². The van der Waals surface area contributed by atoms with Crippen LogP contribution in [0.1, 0.15) is 20.8 Å².